The minimum atomic E-state index is 0.648. The Morgan fingerprint density at radius 2 is 2.23 bits per heavy atom. The van der Waals surface area contributed by atoms with E-state index >= 15 is 0 Å². The van der Waals surface area contributed by atoms with Crippen LogP contribution in [0.4, 0.5) is 0 Å². The summed E-state index contributed by atoms with van der Waals surface area (Å²) in [6.45, 7) is 2.64. The van der Waals surface area contributed by atoms with E-state index in [0.717, 1.165) is 29.4 Å². The summed E-state index contributed by atoms with van der Waals surface area (Å²) < 4.78 is 0. The molecule has 0 fully saturated rings. The zero-order valence-electron chi connectivity index (χ0n) is 8.08. The van der Waals surface area contributed by atoms with Gasteiger partial charge in [0.15, 0.2) is 0 Å². The Labute approximate surface area is 83.2 Å². The van der Waals surface area contributed by atoms with Crippen molar-refractivity contribution in [1.82, 2.24) is 9.97 Å². The Morgan fingerprint density at radius 1 is 1.46 bits per heavy atom. The molecule has 0 saturated heterocycles. The third kappa shape index (κ3) is 3.32. The monoisotopic (exact) mass is 197 g/mol. The summed E-state index contributed by atoms with van der Waals surface area (Å²) in [6.07, 6.45) is 2.89. The Balaban J connectivity index is 2.83. The van der Waals surface area contributed by atoms with Gasteiger partial charge in [0.1, 0.15) is 5.82 Å². The van der Waals surface area contributed by atoms with E-state index in [4.69, 9.17) is 5.73 Å². The number of nitrogens with two attached hydrogens (primary N) is 1. The minimum absolute atomic E-state index is 0.648. The van der Waals surface area contributed by atoms with Crippen molar-refractivity contribution in [3.8, 4) is 0 Å². The van der Waals surface area contributed by atoms with E-state index in [2.05, 4.69) is 9.97 Å². The maximum atomic E-state index is 5.47. The second-order valence-electron chi connectivity index (χ2n) is 2.89. The summed E-state index contributed by atoms with van der Waals surface area (Å²) >= 11 is 1.73. The third-order valence-electron chi connectivity index (χ3n) is 1.63. The number of hydrogen-bond donors (Lipinski definition) is 1. The van der Waals surface area contributed by atoms with Crippen LogP contribution in [0.25, 0.3) is 0 Å². The maximum absolute atomic E-state index is 5.47. The fraction of sp³-hybridized carbons (Fsp3) is 0.556. The zero-order chi connectivity index (χ0) is 9.68. The molecule has 0 spiro atoms. The molecule has 0 saturated carbocycles. The molecule has 0 aliphatic heterocycles. The first-order valence-corrected chi connectivity index (χ1v) is 5.68. The average Bonchev–Trinajstić information content (AvgIpc) is 2.04. The molecule has 0 aromatic carbocycles. The topological polar surface area (TPSA) is 51.8 Å². The lowest BCUT2D eigenvalue weighted by atomic mass is 10.2. The largest absolute Gasteiger partial charge is 0.330 e. The van der Waals surface area contributed by atoms with Crippen molar-refractivity contribution in [3.63, 3.8) is 0 Å². The molecule has 0 aliphatic carbocycles. The maximum Gasteiger partial charge on any atom is 0.138 e. The van der Waals surface area contributed by atoms with E-state index in [0.29, 0.717) is 6.54 Å². The summed E-state index contributed by atoms with van der Waals surface area (Å²) in [6, 6.07) is 2.00. The molecule has 72 valence electrons. The van der Waals surface area contributed by atoms with E-state index in [-0.39, 0.29) is 0 Å². The summed E-state index contributed by atoms with van der Waals surface area (Å²) in [5.74, 6) is 1.79. The summed E-state index contributed by atoms with van der Waals surface area (Å²) in [4.78, 5) is 8.73. The smallest absolute Gasteiger partial charge is 0.138 e. The molecule has 0 bridgehead atoms. The molecular formula is C9H15N3S. The first-order valence-electron chi connectivity index (χ1n) is 4.28. The van der Waals surface area contributed by atoms with Gasteiger partial charge in [0.2, 0.25) is 0 Å². The van der Waals surface area contributed by atoms with E-state index < -0.39 is 0 Å². The molecular weight excluding hydrogens is 182 g/mol. The number of aromatic nitrogens is 2. The first-order chi connectivity index (χ1) is 6.26. The van der Waals surface area contributed by atoms with Gasteiger partial charge in [-0.15, -0.1) is 0 Å². The van der Waals surface area contributed by atoms with Crippen LogP contribution < -0.4 is 5.73 Å². The normalized spacial score (nSPS) is 10.4. The minimum Gasteiger partial charge on any atom is -0.330 e. The number of nitrogens with zero attached hydrogens (tertiary/aromatic N) is 2. The van der Waals surface area contributed by atoms with Gasteiger partial charge in [-0.3, -0.25) is 0 Å². The van der Waals surface area contributed by atoms with Gasteiger partial charge in [-0.05, 0) is 25.8 Å². The zero-order valence-corrected chi connectivity index (χ0v) is 8.90. The molecule has 3 nitrogen and oxygen atoms in total. The van der Waals surface area contributed by atoms with Crippen molar-refractivity contribution in [2.45, 2.75) is 19.1 Å². The molecule has 1 aromatic heterocycles. The van der Waals surface area contributed by atoms with Crippen molar-refractivity contribution in [2.24, 2.45) is 5.73 Å². The SMILES string of the molecule is CSCc1nc(C)cc(CCN)n1. The average molecular weight is 197 g/mol. The lowest BCUT2D eigenvalue weighted by Gasteiger charge is -2.03. The standard InChI is InChI=1S/C9H15N3S/c1-7-5-8(3-4-10)12-9(11-7)6-13-2/h5H,3-4,6,10H2,1-2H3. The highest BCUT2D eigenvalue weighted by Crippen LogP contribution is 2.06. The van der Waals surface area contributed by atoms with Gasteiger partial charge in [-0.1, -0.05) is 0 Å². The molecule has 1 rings (SSSR count). The van der Waals surface area contributed by atoms with E-state index in [1.54, 1.807) is 11.8 Å². The molecule has 13 heavy (non-hydrogen) atoms. The Hall–Kier alpha value is -0.610. The van der Waals surface area contributed by atoms with Gasteiger partial charge in [0.25, 0.3) is 0 Å². The highest BCUT2D eigenvalue weighted by Gasteiger charge is 2.00. The highest BCUT2D eigenvalue weighted by molar-refractivity contribution is 7.97. The first kappa shape index (κ1) is 10.5. The molecule has 0 aliphatic rings. The Kier molecular flexibility index (Phi) is 4.18. The van der Waals surface area contributed by atoms with Crippen LogP contribution in [-0.4, -0.2) is 22.8 Å². The lowest BCUT2D eigenvalue weighted by molar-refractivity contribution is 0.872. The fourth-order valence-electron chi connectivity index (χ4n) is 1.17. The predicted octanol–water partition coefficient (Wildman–Crippen LogP) is 1.15. The van der Waals surface area contributed by atoms with Crippen molar-refractivity contribution >= 4 is 11.8 Å². The second-order valence-corrected chi connectivity index (χ2v) is 3.75. The molecule has 4 heteroatoms. The van der Waals surface area contributed by atoms with Gasteiger partial charge >= 0.3 is 0 Å². The molecule has 0 unspecified atom stereocenters. The van der Waals surface area contributed by atoms with Crippen LogP contribution in [0.2, 0.25) is 0 Å². The van der Waals surface area contributed by atoms with Crippen LogP contribution in [0, 0.1) is 6.92 Å². The van der Waals surface area contributed by atoms with Crippen molar-refractivity contribution in [3.05, 3.63) is 23.3 Å². The Bertz CT molecular complexity index is 251. The third-order valence-corrected chi connectivity index (χ3v) is 2.17. The van der Waals surface area contributed by atoms with Crippen LogP contribution in [0.5, 0.6) is 0 Å². The van der Waals surface area contributed by atoms with Crippen LogP contribution >= 0.6 is 11.8 Å². The second kappa shape index (κ2) is 5.19. The Morgan fingerprint density at radius 3 is 2.85 bits per heavy atom. The van der Waals surface area contributed by atoms with Gasteiger partial charge in [0.05, 0.1) is 5.75 Å². The molecule has 1 aromatic rings. The van der Waals surface area contributed by atoms with Crippen molar-refractivity contribution in [1.29, 1.82) is 0 Å². The number of aryl methyl sites for hydroxylation is 1. The molecule has 2 N–H and O–H groups in total. The van der Waals surface area contributed by atoms with E-state index in [1.165, 1.54) is 0 Å². The lowest BCUT2D eigenvalue weighted by Crippen LogP contribution is -2.07. The molecule has 1 heterocycles. The van der Waals surface area contributed by atoms with Crippen LogP contribution in [0.15, 0.2) is 6.07 Å². The van der Waals surface area contributed by atoms with Crippen LogP contribution in [0.1, 0.15) is 17.2 Å². The molecule has 0 amide bonds. The van der Waals surface area contributed by atoms with Gasteiger partial charge in [-0.2, -0.15) is 11.8 Å². The quantitative estimate of drug-likeness (QED) is 0.786. The molecule has 0 atom stereocenters. The van der Waals surface area contributed by atoms with Gasteiger partial charge in [-0.25, -0.2) is 9.97 Å². The summed E-state index contributed by atoms with van der Waals surface area (Å²) in [5, 5.41) is 0. The van der Waals surface area contributed by atoms with E-state index in [9.17, 15) is 0 Å². The number of rotatable bonds is 4. The summed E-state index contributed by atoms with van der Waals surface area (Å²) in [5.41, 5.74) is 7.55. The highest BCUT2D eigenvalue weighted by atomic mass is 32.2. The summed E-state index contributed by atoms with van der Waals surface area (Å²) in [7, 11) is 0. The van der Waals surface area contributed by atoms with E-state index in [1.807, 2.05) is 19.2 Å². The predicted molar refractivity (Wildman–Crippen MR) is 56.7 cm³/mol. The number of thioether (sulfide) groups is 1. The van der Waals surface area contributed by atoms with Crippen molar-refractivity contribution < 1.29 is 0 Å². The van der Waals surface area contributed by atoms with Crippen molar-refractivity contribution in [2.75, 3.05) is 12.8 Å². The van der Waals surface area contributed by atoms with Gasteiger partial charge < -0.3 is 5.73 Å². The fourth-order valence-corrected chi connectivity index (χ4v) is 1.56. The molecule has 0 radical (unpaired) electrons. The van der Waals surface area contributed by atoms with Crippen LogP contribution in [-0.2, 0) is 12.2 Å². The number of hydrogen-bond acceptors (Lipinski definition) is 4. The van der Waals surface area contributed by atoms with Gasteiger partial charge in [0, 0.05) is 17.8 Å². The van der Waals surface area contributed by atoms with Crippen LogP contribution in [0.3, 0.4) is 0 Å².